The van der Waals surface area contributed by atoms with Crippen molar-refractivity contribution in [2.45, 2.75) is 78.0 Å². The van der Waals surface area contributed by atoms with Crippen LogP contribution in [-0.4, -0.2) is 83.4 Å². The zero-order chi connectivity index (χ0) is 22.3. The van der Waals surface area contributed by atoms with Gasteiger partial charge < -0.3 is 14.5 Å². The first-order chi connectivity index (χ1) is 14.2. The summed E-state index contributed by atoms with van der Waals surface area (Å²) in [7, 11) is 0. The molecule has 0 spiro atoms. The van der Waals surface area contributed by atoms with Gasteiger partial charge in [0.05, 0.1) is 19.7 Å². The molecule has 172 valence electrons. The van der Waals surface area contributed by atoms with Gasteiger partial charge in [-0.3, -0.25) is 14.5 Å². The molecule has 2 heterocycles. The number of ether oxygens (including phenoxy) is 1. The van der Waals surface area contributed by atoms with Gasteiger partial charge in [-0.2, -0.15) is 0 Å². The molecule has 2 fully saturated rings. The minimum atomic E-state index is -0.614. The van der Waals surface area contributed by atoms with Gasteiger partial charge in [-0.15, -0.1) is 0 Å². The third-order valence-electron chi connectivity index (χ3n) is 4.95. The molecule has 0 aliphatic carbocycles. The average Bonchev–Trinajstić information content (AvgIpc) is 3.15. The van der Waals surface area contributed by atoms with Gasteiger partial charge in [-0.1, -0.05) is 13.3 Å². The second-order valence-electron chi connectivity index (χ2n) is 8.58. The molecule has 0 unspecified atom stereocenters. The Labute approximate surface area is 178 Å². The van der Waals surface area contributed by atoms with Crippen molar-refractivity contribution in [1.82, 2.24) is 20.3 Å². The van der Waals surface area contributed by atoms with Gasteiger partial charge in [0.15, 0.2) is 0 Å². The summed E-state index contributed by atoms with van der Waals surface area (Å²) >= 11 is 0. The van der Waals surface area contributed by atoms with Gasteiger partial charge in [-0.05, 0) is 47.0 Å². The maximum atomic E-state index is 12.6. The van der Waals surface area contributed by atoms with Gasteiger partial charge in [0, 0.05) is 13.1 Å². The second-order valence-corrected chi connectivity index (χ2v) is 8.58. The quantitative estimate of drug-likeness (QED) is 0.470. The normalized spacial score (nSPS) is 22.4. The van der Waals surface area contributed by atoms with Crippen molar-refractivity contribution in [1.29, 1.82) is 0 Å². The zero-order valence-electron chi connectivity index (χ0n) is 18.8. The summed E-state index contributed by atoms with van der Waals surface area (Å²) in [6, 6.07) is -0.922. The van der Waals surface area contributed by atoms with E-state index in [2.05, 4.69) is 12.4 Å². The number of nitrogens with zero attached hydrogens (tertiary/aromatic N) is 3. The van der Waals surface area contributed by atoms with Gasteiger partial charge in [-0.25, -0.2) is 20.1 Å². The van der Waals surface area contributed by atoms with Crippen LogP contribution >= 0.6 is 0 Å². The van der Waals surface area contributed by atoms with E-state index in [1.54, 1.807) is 4.90 Å². The van der Waals surface area contributed by atoms with E-state index >= 15 is 0 Å². The summed E-state index contributed by atoms with van der Waals surface area (Å²) < 4.78 is 5.36. The Morgan fingerprint density at radius 2 is 1.90 bits per heavy atom. The van der Waals surface area contributed by atoms with Crippen molar-refractivity contribution < 1.29 is 28.8 Å². The number of carbonyl (C=O) groups excluding carboxylic acids is 3. The summed E-state index contributed by atoms with van der Waals surface area (Å²) in [4.78, 5) is 51.5. The van der Waals surface area contributed by atoms with E-state index in [1.807, 2.05) is 27.7 Å². The molecule has 0 saturated carbocycles. The first-order valence-electron chi connectivity index (χ1n) is 10.8. The molecule has 2 atom stereocenters. The lowest BCUT2D eigenvalue weighted by molar-refractivity contribution is -0.158. The topological polar surface area (TPSA) is 101 Å². The fraction of sp³-hybridized carbons (Fsp3) is 0.850. The van der Waals surface area contributed by atoms with Crippen molar-refractivity contribution in [2.75, 3.05) is 32.8 Å². The molecule has 4 amide bonds. The van der Waals surface area contributed by atoms with Crippen LogP contribution in [0.4, 0.5) is 9.59 Å². The van der Waals surface area contributed by atoms with E-state index in [4.69, 9.17) is 14.4 Å². The van der Waals surface area contributed by atoms with Crippen molar-refractivity contribution >= 4 is 18.0 Å². The Bertz CT molecular complexity index is 609. The second kappa shape index (κ2) is 10.8. The van der Waals surface area contributed by atoms with E-state index in [9.17, 15) is 14.4 Å². The Morgan fingerprint density at radius 1 is 1.17 bits per heavy atom. The lowest BCUT2D eigenvalue weighted by Crippen LogP contribution is -2.59. The van der Waals surface area contributed by atoms with Crippen LogP contribution in [0.3, 0.4) is 0 Å². The number of hydroxylamine groups is 3. The predicted molar refractivity (Wildman–Crippen MR) is 109 cm³/mol. The molecule has 0 aromatic carbocycles. The van der Waals surface area contributed by atoms with Gasteiger partial charge >= 0.3 is 12.1 Å². The molecule has 1 N–H and O–H groups in total. The highest BCUT2D eigenvalue weighted by Crippen LogP contribution is 2.19. The number of nitrogens with one attached hydrogen (secondary N) is 1. The number of rotatable bonds is 8. The number of hydrogen-bond acceptors (Lipinski definition) is 6. The average molecular weight is 429 g/mol. The molecule has 0 radical (unpaired) electrons. The summed E-state index contributed by atoms with van der Waals surface area (Å²) in [6.07, 6.45) is 2.20. The van der Waals surface area contributed by atoms with E-state index in [-0.39, 0.29) is 18.0 Å². The van der Waals surface area contributed by atoms with Crippen LogP contribution in [0.15, 0.2) is 0 Å². The SMILES string of the molecule is CCCCON1CC[C@@H](C(=O)NO[C@H]2CCN(C(=O)OC(C)(C)C)C2)N(CC)C1=O. The van der Waals surface area contributed by atoms with E-state index < -0.39 is 17.7 Å². The molecule has 2 saturated heterocycles. The molecular weight excluding hydrogens is 392 g/mol. The molecule has 2 aliphatic heterocycles. The van der Waals surface area contributed by atoms with E-state index in [0.29, 0.717) is 45.6 Å². The maximum Gasteiger partial charge on any atom is 0.410 e. The van der Waals surface area contributed by atoms with Crippen molar-refractivity contribution in [2.24, 2.45) is 0 Å². The minimum absolute atomic E-state index is 0.308. The Kier molecular flexibility index (Phi) is 8.72. The molecule has 10 nitrogen and oxygen atoms in total. The van der Waals surface area contributed by atoms with Crippen LogP contribution in [0.2, 0.25) is 0 Å². The lowest BCUT2D eigenvalue weighted by atomic mass is 10.1. The lowest BCUT2D eigenvalue weighted by Gasteiger charge is -2.39. The summed E-state index contributed by atoms with van der Waals surface area (Å²) in [6.45, 7) is 11.4. The molecule has 0 aromatic heterocycles. The fourth-order valence-corrected chi connectivity index (χ4v) is 3.36. The van der Waals surface area contributed by atoms with Crippen LogP contribution in [0.5, 0.6) is 0 Å². The highest BCUT2D eigenvalue weighted by atomic mass is 16.7. The van der Waals surface area contributed by atoms with Gasteiger partial charge in [0.25, 0.3) is 5.91 Å². The van der Waals surface area contributed by atoms with Gasteiger partial charge in [0.2, 0.25) is 0 Å². The van der Waals surface area contributed by atoms with Crippen molar-refractivity contribution in [3.8, 4) is 0 Å². The largest absolute Gasteiger partial charge is 0.444 e. The molecule has 10 heteroatoms. The van der Waals surface area contributed by atoms with Crippen molar-refractivity contribution in [3.63, 3.8) is 0 Å². The first-order valence-corrected chi connectivity index (χ1v) is 10.8. The van der Waals surface area contributed by atoms with E-state index in [0.717, 1.165) is 12.8 Å². The number of likely N-dealkylation sites (N-methyl/N-ethyl adjacent to an activating group) is 1. The Hall–Kier alpha value is -2.07. The first kappa shape index (κ1) is 24.2. The number of amides is 4. The number of likely N-dealkylation sites (tertiary alicyclic amines) is 1. The molecule has 0 bridgehead atoms. The summed E-state index contributed by atoms with van der Waals surface area (Å²) in [5.41, 5.74) is 1.92. The van der Waals surface area contributed by atoms with E-state index in [1.165, 1.54) is 9.96 Å². The summed E-state index contributed by atoms with van der Waals surface area (Å²) in [5, 5.41) is 1.33. The van der Waals surface area contributed by atoms with Crippen LogP contribution in [0.25, 0.3) is 0 Å². The molecular formula is C20H36N4O6. The Balaban J connectivity index is 1.80. The number of carbonyl (C=O) groups is 3. The number of unbranched alkanes of at least 4 members (excludes halogenated alkanes) is 1. The monoisotopic (exact) mass is 428 g/mol. The highest BCUT2D eigenvalue weighted by molar-refractivity contribution is 5.87. The van der Waals surface area contributed by atoms with Gasteiger partial charge in [0.1, 0.15) is 17.7 Å². The van der Waals surface area contributed by atoms with Crippen LogP contribution in [-0.2, 0) is 19.2 Å². The highest BCUT2D eigenvalue weighted by Gasteiger charge is 2.38. The minimum Gasteiger partial charge on any atom is -0.444 e. The smallest absolute Gasteiger partial charge is 0.410 e. The van der Waals surface area contributed by atoms with Crippen molar-refractivity contribution in [3.05, 3.63) is 0 Å². The van der Waals surface area contributed by atoms with Crippen LogP contribution < -0.4 is 5.48 Å². The Morgan fingerprint density at radius 3 is 2.53 bits per heavy atom. The number of urea groups is 1. The third kappa shape index (κ3) is 6.73. The summed E-state index contributed by atoms with van der Waals surface area (Å²) in [5.74, 6) is -0.367. The molecule has 2 aliphatic rings. The zero-order valence-corrected chi connectivity index (χ0v) is 18.8. The predicted octanol–water partition coefficient (Wildman–Crippen LogP) is 2.29. The van der Waals surface area contributed by atoms with Crippen LogP contribution in [0.1, 0.15) is 60.3 Å². The molecule has 30 heavy (non-hydrogen) atoms. The number of hydrogen-bond donors (Lipinski definition) is 1. The molecule has 0 aromatic rings. The standard InChI is InChI=1S/C20H36N4O6/c1-6-8-13-28-24-12-10-16(23(7-2)18(24)26)17(25)21-30-15-9-11-22(14-15)19(27)29-20(3,4)5/h15-16H,6-14H2,1-5H3,(H,21,25)/t15-,16-/m0/s1. The van der Waals surface area contributed by atoms with Crippen LogP contribution in [0, 0.1) is 0 Å². The fourth-order valence-electron chi connectivity index (χ4n) is 3.36. The molecule has 2 rings (SSSR count). The third-order valence-corrected chi connectivity index (χ3v) is 4.95. The maximum absolute atomic E-state index is 12.6.